The molecule has 5 N–H and O–H groups in total. The highest BCUT2D eigenvalue weighted by Gasteiger charge is 2.30. The molecule has 13 heteroatoms. The van der Waals surface area contributed by atoms with E-state index >= 15 is 0 Å². The Morgan fingerprint density at radius 3 is 2.78 bits per heavy atom. The van der Waals surface area contributed by atoms with Crippen molar-refractivity contribution in [2.45, 2.75) is 84.0 Å². The zero-order valence-corrected chi connectivity index (χ0v) is 25.8. The molecule has 0 radical (unpaired) electrons. The number of hydrogen-bond acceptors (Lipinski definition) is 7. The highest BCUT2D eigenvalue weighted by molar-refractivity contribution is 5.94. The van der Waals surface area contributed by atoms with Crippen molar-refractivity contribution in [1.82, 2.24) is 40.8 Å². The Kier molecular flexibility index (Phi) is 9.95. The summed E-state index contributed by atoms with van der Waals surface area (Å²) in [6.07, 6.45) is 7.90. The summed E-state index contributed by atoms with van der Waals surface area (Å²) in [4.78, 5) is 65.2. The minimum atomic E-state index is -0.969. The Hall–Kier alpha value is -4.94. The van der Waals surface area contributed by atoms with Crippen LogP contribution in [0.2, 0.25) is 0 Å². The molecule has 2 bridgehead atoms. The number of aromatic amines is 1. The van der Waals surface area contributed by atoms with Gasteiger partial charge in [0.2, 0.25) is 23.6 Å². The van der Waals surface area contributed by atoms with Crippen LogP contribution in [0.3, 0.4) is 0 Å². The van der Waals surface area contributed by atoms with Gasteiger partial charge in [0, 0.05) is 61.8 Å². The first-order valence-corrected chi connectivity index (χ1v) is 15.4. The topological polar surface area (TPSA) is 176 Å². The van der Waals surface area contributed by atoms with E-state index in [-0.39, 0.29) is 36.2 Å². The van der Waals surface area contributed by atoms with Crippen LogP contribution in [-0.2, 0) is 33.8 Å². The zero-order valence-electron chi connectivity index (χ0n) is 25.8. The van der Waals surface area contributed by atoms with E-state index in [0.29, 0.717) is 38.1 Å². The first kappa shape index (κ1) is 31.5. The maximum atomic E-state index is 13.8. The van der Waals surface area contributed by atoms with Crippen molar-refractivity contribution in [3.63, 3.8) is 0 Å². The Morgan fingerprint density at radius 1 is 1.13 bits per heavy atom. The molecule has 0 unspecified atom stereocenters. The van der Waals surface area contributed by atoms with Gasteiger partial charge in [-0.1, -0.05) is 25.1 Å². The van der Waals surface area contributed by atoms with Gasteiger partial charge in [-0.15, -0.1) is 0 Å². The Morgan fingerprint density at radius 2 is 1.96 bits per heavy atom. The van der Waals surface area contributed by atoms with Crippen LogP contribution in [0.5, 0.6) is 0 Å². The van der Waals surface area contributed by atoms with Gasteiger partial charge >= 0.3 is 0 Å². The summed E-state index contributed by atoms with van der Waals surface area (Å²) in [7, 11) is 0. The number of aryl methyl sites for hydroxylation is 3. The number of nitrogens with zero attached hydrogens (tertiary/aromatic N) is 3. The molecule has 0 spiro atoms. The van der Waals surface area contributed by atoms with Gasteiger partial charge in [0.25, 0.3) is 5.91 Å². The second-order valence-corrected chi connectivity index (χ2v) is 11.3. The molecule has 1 aromatic carbocycles. The van der Waals surface area contributed by atoms with E-state index in [0.717, 1.165) is 28.7 Å². The molecule has 3 aromatic heterocycles. The summed E-state index contributed by atoms with van der Waals surface area (Å²) in [5.41, 5.74) is 1.93. The normalized spacial score (nSPS) is 20.0. The van der Waals surface area contributed by atoms with Crippen LogP contribution in [-0.4, -0.2) is 61.8 Å². The third-order valence-electron chi connectivity index (χ3n) is 8.04. The summed E-state index contributed by atoms with van der Waals surface area (Å²) >= 11 is 0. The number of hydrogen-bond donors (Lipinski definition) is 5. The number of fused-ring (bicyclic) bond motifs is 3. The molecule has 4 heterocycles. The maximum Gasteiger partial charge on any atom is 0.273 e. The summed E-state index contributed by atoms with van der Waals surface area (Å²) in [5.74, 6) is -0.160. The fraction of sp³-hybridized carbons (Fsp3) is 0.438. The summed E-state index contributed by atoms with van der Waals surface area (Å²) < 4.78 is 7.65. The van der Waals surface area contributed by atoms with E-state index in [1.165, 1.54) is 0 Å². The van der Waals surface area contributed by atoms with E-state index in [2.05, 4.69) is 36.2 Å². The molecular weight excluding hydrogens is 576 g/mol. The summed E-state index contributed by atoms with van der Waals surface area (Å²) in [5, 5.41) is 12.5. The van der Waals surface area contributed by atoms with Gasteiger partial charge in [-0.2, -0.15) is 0 Å². The largest absolute Gasteiger partial charge is 0.443 e. The van der Waals surface area contributed by atoms with E-state index in [4.69, 9.17) is 4.42 Å². The van der Waals surface area contributed by atoms with Gasteiger partial charge in [-0.3, -0.25) is 19.2 Å². The van der Waals surface area contributed by atoms with Crippen LogP contribution in [0, 0.1) is 6.92 Å². The molecule has 1 aliphatic rings. The predicted molar refractivity (Wildman–Crippen MR) is 166 cm³/mol. The average Bonchev–Trinajstić information content (AvgIpc) is 3.76. The van der Waals surface area contributed by atoms with Crippen LogP contribution >= 0.6 is 0 Å². The number of para-hydroxylation sites is 1. The molecule has 0 saturated heterocycles. The summed E-state index contributed by atoms with van der Waals surface area (Å²) in [6.45, 7) is 6.14. The predicted octanol–water partition coefficient (Wildman–Crippen LogP) is 2.62. The van der Waals surface area contributed by atoms with Gasteiger partial charge in [-0.05, 0) is 44.7 Å². The molecule has 238 valence electrons. The molecule has 0 saturated carbocycles. The van der Waals surface area contributed by atoms with Gasteiger partial charge < -0.3 is 35.2 Å². The number of aromatic nitrogens is 4. The van der Waals surface area contributed by atoms with Crippen molar-refractivity contribution < 1.29 is 23.6 Å². The number of rotatable bonds is 7. The Bertz CT molecular complexity index is 1670. The van der Waals surface area contributed by atoms with E-state index in [9.17, 15) is 19.2 Å². The molecule has 45 heavy (non-hydrogen) atoms. The zero-order chi connectivity index (χ0) is 31.9. The first-order chi connectivity index (χ1) is 21.7. The van der Waals surface area contributed by atoms with Crippen molar-refractivity contribution in [3.05, 3.63) is 71.6 Å². The molecule has 4 amide bonds. The Balaban J connectivity index is 1.38. The minimum Gasteiger partial charge on any atom is -0.443 e. The lowest BCUT2D eigenvalue weighted by Gasteiger charge is -2.24. The van der Waals surface area contributed by atoms with Crippen LogP contribution in [0.25, 0.3) is 10.9 Å². The third-order valence-corrected chi connectivity index (χ3v) is 8.04. The van der Waals surface area contributed by atoms with Gasteiger partial charge in [-0.25, -0.2) is 9.97 Å². The molecular formula is C32H40N8O5. The lowest BCUT2D eigenvalue weighted by atomic mass is 10.0. The number of nitrogens with one attached hydrogen (secondary N) is 5. The van der Waals surface area contributed by atoms with Gasteiger partial charge in [0.15, 0.2) is 5.69 Å². The highest BCUT2D eigenvalue weighted by Crippen LogP contribution is 2.21. The highest BCUT2D eigenvalue weighted by atomic mass is 16.4. The molecule has 3 atom stereocenters. The van der Waals surface area contributed by atoms with Crippen molar-refractivity contribution >= 4 is 34.5 Å². The molecule has 0 fully saturated rings. The SMILES string of the molecule is CCc1nccn1CCC(=O)N[C@H]1CCCCNC(=O)c2nc(oc2C)[C@@H](C)NC(=O)[C@@H](Cc2c[nH]c3ccccc23)NC1=O. The van der Waals surface area contributed by atoms with Crippen LogP contribution in [0.1, 0.15) is 79.1 Å². The van der Waals surface area contributed by atoms with Crippen molar-refractivity contribution in [2.75, 3.05) is 6.54 Å². The summed E-state index contributed by atoms with van der Waals surface area (Å²) in [6, 6.07) is 5.20. The maximum absolute atomic E-state index is 13.8. The van der Waals surface area contributed by atoms with Crippen molar-refractivity contribution in [2.24, 2.45) is 0 Å². The van der Waals surface area contributed by atoms with Crippen molar-refractivity contribution in [1.29, 1.82) is 0 Å². The smallest absolute Gasteiger partial charge is 0.273 e. The monoisotopic (exact) mass is 616 g/mol. The lowest BCUT2D eigenvalue weighted by molar-refractivity contribution is -0.132. The minimum absolute atomic E-state index is 0.163. The molecule has 0 aliphatic carbocycles. The number of carbonyl (C=O) groups is 4. The second kappa shape index (κ2) is 14.2. The second-order valence-electron chi connectivity index (χ2n) is 11.3. The van der Waals surface area contributed by atoms with E-state index in [1.807, 2.05) is 48.1 Å². The van der Waals surface area contributed by atoms with Gasteiger partial charge in [0.1, 0.15) is 29.7 Å². The lowest BCUT2D eigenvalue weighted by Crippen LogP contribution is -2.54. The fourth-order valence-electron chi connectivity index (χ4n) is 5.56. The molecule has 13 nitrogen and oxygen atoms in total. The molecule has 5 rings (SSSR count). The number of carbonyl (C=O) groups excluding carboxylic acids is 4. The average molecular weight is 617 g/mol. The van der Waals surface area contributed by atoms with Crippen LogP contribution in [0.4, 0.5) is 0 Å². The van der Waals surface area contributed by atoms with Gasteiger partial charge in [0.05, 0.1) is 0 Å². The van der Waals surface area contributed by atoms with Crippen LogP contribution in [0.15, 0.2) is 47.3 Å². The quantitative estimate of drug-likeness (QED) is 0.212. The van der Waals surface area contributed by atoms with E-state index in [1.54, 1.807) is 20.0 Å². The number of benzene rings is 1. The third kappa shape index (κ3) is 7.59. The first-order valence-electron chi connectivity index (χ1n) is 15.4. The number of H-pyrrole nitrogens is 1. The van der Waals surface area contributed by atoms with E-state index < -0.39 is 29.9 Å². The number of amides is 4. The Labute approximate surface area is 260 Å². The fourth-order valence-corrected chi connectivity index (χ4v) is 5.56. The number of oxazole rings is 1. The standard InChI is InChI=1S/C32H40N8O5/c1-4-26-33-14-16-40(26)15-12-27(41)37-24-11-7-8-13-34-31(44)28-20(3)45-32(39-28)19(2)36-30(43)25(38-29(24)42)17-21-18-35-23-10-6-5-9-22(21)23/h5-6,9-10,14,16,18-19,24-25,35H,4,7-8,11-13,15,17H2,1-3H3,(H,34,44)(H,36,43)(H,37,41)(H,38,42)/t19-,24+,25-/m1/s1. The molecule has 4 aromatic rings. The van der Waals surface area contributed by atoms with Crippen molar-refractivity contribution in [3.8, 4) is 0 Å². The number of imidazole rings is 1. The molecule has 1 aliphatic heterocycles. The van der Waals surface area contributed by atoms with Crippen LogP contribution < -0.4 is 21.3 Å².